The summed E-state index contributed by atoms with van der Waals surface area (Å²) in [5.41, 5.74) is 2.59. The highest BCUT2D eigenvalue weighted by Gasteiger charge is 2.61. The van der Waals surface area contributed by atoms with E-state index in [0.717, 1.165) is 30.6 Å². The van der Waals surface area contributed by atoms with Crippen molar-refractivity contribution in [1.29, 1.82) is 5.26 Å². The number of likely N-dealkylation sites (N-methyl/N-ethyl adjacent to an activating group) is 1. The van der Waals surface area contributed by atoms with Crippen LogP contribution in [0.25, 0.3) is 0 Å². The monoisotopic (exact) mass is 516 g/mol. The number of amides is 2. The van der Waals surface area contributed by atoms with Crippen LogP contribution in [0, 0.1) is 17.2 Å². The fourth-order valence-corrected chi connectivity index (χ4v) is 5.90. The second-order valence-electron chi connectivity index (χ2n) is 10.6. The van der Waals surface area contributed by atoms with E-state index in [9.17, 15) is 19.6 Å². The number of ether oxygens (including phenoxy) is 1. The highest BCUT2D eigenvalue weighted by molar-refractivity contribution is 5.99. The fraction of sp³-hybridized carbons (Fsp3) is 0.448. The predicted octanol–water partition coefficient (Wildman–Crippen LogP) is 3.08. The van der Waals surface area contributed by atoms with Gasteiger partial charge in [0.05, 0.1) is 17.9 Å². The van der Waals surface area contributed by atoms with Gasteiger partial charge >= 0.3 is 5.97 Å². The molecule has 2 amide bonds. The lowest BCUT2D eigenvalue weighted by molar-refractivity contribution is -0.137. The summed E-state index contributed by atoms with van der Waals surface area (Å²) in [5, 5.41) is 24.7. The van der Waals surface area contributed by atoms with Crippen molar-refractivity contribution >= 4 is 23.5 Å². The van der Waals surface area contributed by atoms with E-state index in [2.05, 4.69) is 21.6 Å². The molecule has 3 atom stereocenters. The van der Waals surface area contributed by atoms with Crippen molar-refractivity contribution in [1.82, 2.24) is 10.2 Å². The number of nitriles is 1. The summed E-state index contributed by atoms with van der Waals surface area (Å²) in [6.07, 6.45) is 3.09. The van der Waals surface area contributed by atoms with Gasteiger partial charge in [-0.25, -0.2) is 0 Å². The van der Waals surface area contributed by atoms with Crippen molar-refractivity contribution in [2.45, 2.75) is 50.0 Å². The zero-order chi connectivity index (χ0) is 26.9. The standard InChI is InChI=1S/C29H32N4O5/c1-33-12-10-21(17-33)31-27(36)19-8-9-24-22(14-19)29(11-13-38-24)15-23(29)28(37)32-26-18(5-3-7-25(34)35)4-2-6-20(26)16-30/h2,4,6,8-9,14,21,23H,3,5,7,10-13,15,17H2,1H3,(H,31,36)(H,32,37)(H,34,35)/t21-,23-,29-/m0/s1. The van der Waals surface area contributed by atoms with Crippen LogP contribution >= 0.6 is 0 Å². The molecular formula is C29H32N4O5. The summed E-state index contributed by atoms with van der Waals surface area (Å²) in [4.78, 5) is 39.6. The Bertz CT molecular complexity index is 1320. The van der Waals surface area contributed by atoms with Crippen molar-refractivity contribution in [2.75, 3.05) is 32.1 Å². The maximum Gasteiger partial charge on any atom is 0.303 e. The third-order valence-electron chi connectivity index (χ3n) is 8.06. The SMILES string of the molecule is CN1CC[C@H](NC(=O)c2ccc3c(c2)[C@]2(CCO3)C[C@H]2C(=O)Nc2c(C#N)cccc2CCCC(=O)O)C1. The van der Waals surface area contributed by atoms with E-state index < -0.39 is 11.4 Å². The summed E-state index contributed by atoms with van der Waals surface area (Å²) < 4.78 is 5.89. The van der Waals surface area contributed by atoms with Gasteiger partial charge in [-0.2, -0.15) is 5.26 Å². The maximum absolute atomic E-state index is 13.5. The van der Waals surface area contributed by atoms with Crippen molar-refractivity contribution in [3.05, 3.63) is 58.7 Å². The van der Waals surface area contributed by atoms with Gasteiger partial charge in [-0.15, -0.1) is 0 Å². The van der Waals surface area contributed by atoms with Gasteiger partial charge in [0, 0.05) is 41.5 Å². The lowest BCUT2D eigenvalue weighted by Crippen LogP contribution is -2.36. The number of hydrogen-bond acceptors (Lipinski definition) is 6. The number of benzene rings is 2. The number of anilines is 1. The van der Waals surface area contributed by atoms with Crippen LogP contribution in [0.2, 0.25) is 0 Å². The number of carbonyl (C=O) groups is 3. The van der Waals surface area contributed by atoms with Gasteiger partial charge in [-0.05, 0) is 75.5 Å². The summed E-state index contributed by atoms with van der Waals surface area (Å²) in [6.45, 7) is 2.28. The number of carboxylic acid groups (broad SMARTS) is 1. The van der Waals surface area contributed by atoms with E-state index in [0.29, 0.717) is 54.9 Å². The van der Waals surface area contributed by atoms with Crippen molar-refractivity contribution < 1.29 is 24.2 Å². The van der Waals surface area contributed by atoms with E-state index in [1.54, 1.807) is 18.2 Å². The van der Waals surface area contributed by atoms with Gasteiger partial charge in [0.15, 0.2) is 0 Å². The minimum absolute atomic E-state index is 0.0139. The molecule has 5 rings (SSSR count). The molecule has 1 saturated heterocycles. The number of aryl methyl sites for hydroxylation is 1. The van der Waals surface area contributed by atoms with E-state index in [1.807, 2.05) is 25.2 Å². The van der Waals surface area contributed by atoms with E-state index in [1.165, 1.54) is 0 Å². The number of carboxylic acids is 1. The molecule has 1 spiro atoms. The molecule has 2 fully saturated rings. The van der Waals surface area contributed by atoms with Gasteiger partial charge in [0.2, 0.25) is 5.91 Å². The Kier molecular flexibility index (Phi) is 7.09. The van der Waals surface area contributed by atoms with Crippen LogP contribution in [0.4, 0.5) is 5.69 Å². The van der Waals surface area contributed by atoms with Crippen LogP contribution in [0.5, 0.6) is 5.75 Å². The predicted molar refractivity (Wildman–Crippen MR) is 140 cm³/mol. The Morgan fingerprint density at radius 3 is 2.84 bits per heavy atom. The molecule has 2 aliphatic heterocycles. The van der Waals surface area contributed by atoms with Crippen molar-refractivity contribution in [2.24, 2.45) is 5.92 Å². The van der Waals surface area contributed by atoms with Gasteiger partial charge in [0.1, 0.15) is 11.8 Å². The Morgan fingerprint density at radius 2 is 2.11 bits per heavy atom. The summed E-state index contributed by atoms with van der Waals surface area (Å²) in [5.74, 6) is -0.789. The molecule has 0 aromatic heterocycles. The first kappa shape index (κ1) is 25.7. The van der Waals surface area contributed by atoms with E-state index in [4.69, 9.17) is 9.84 Å². The number of hydrogen-bond donors (Lipinski definition) is 3. The zero-order valence-corrected chi connectivity index (χ0v) is 21.5. The molecular weight excluding hydrogens is 484 g/mol. The van der Waals surface area contributed by atoms with Crippen LogP contribution in [0.1, 0.15) is 59.2 Å². The van der Waals surface area contributed by atoms with Gasteiger partial charge in [0.25, 0.3) is 5.91 Å². The second kappa shape index (κ2) is 10.5. The number of aliphatic carboxylic acids is 1. The number of likely N-dealkylation sites (tertiary alicyclic amines) is 1. The minimum atomic E-state index is -0.881. The molecule has 2 aromatic rings. The summed E-state index contributed by atoms with van der Waals surface area (Å²) in [7, 11) is 2.04. The lowest BCUT2D eigenvalue weighted by atomic mass is 9.86. The first-order chi connectivity index (χ1) is 18.3. The quantitative estimate of drug-likeness (QED) is 0.491. The molecule has 2 aromatic carbocycles. The Hall–Kier alpha value is -3.90. The number of para-hydroxylation sites is 1. The Morgan fingerprint density at radius 1 is 1.26 bits per heavy atom. The van der Waals surface area contributed by atoms with Crippen LogP contribution < -0.4 is 15.4 Å². The van der Waals surface area contributed by atoms with Crippen molar-refractivity contribution in [3.8, 4) is 11.8 Å². The number of nitrogens with zero attached hydrogens (tertiary/aromatic N) is 2. The molecule has 38 heavy (non-hydrogen) atoms. The molecule has 9 heteroatoms. The average Bonchev–Trinajstić information content (AvgIpc) is 3.47. The van der Waals surface area contributed by atoms with Gasteiger partial charge in [-0.3, -0.25) is 14.4 Å². The maximum atomic E-state index is 13.5. The summed E-state index contributed by atoms with van der Waals surface area (Å²) in [6, 6.07) is 12.9. The number of carbonyl (C=O) groups excluding carboxylic acids is 2. The highest BCUT2D eigenvalue weighted by atomic mass is 16.5. The Balaban J connectivity index is 1.34. The number of nitrogens with one attached hydrogen (secondary N) is 2. The first-order valence-corrected chi connectivity index (χ1v) is 13.1. The molecule has 198 valence electrons. The third-order valence-corrected chi connectivity index (χ3v) is 8.06. The van der Waals surface area contributed by atoms with E-state index >= 15 is 0 Å². The zero-order valence-electron chi connectivity index (χ0n) is 21.5. The second-order valence-corrected chi connectivity index (χ2v) is 10.6. The van der Waals surface area contributed by atoms with E-state index in [-0.39, 0.29) is 30.2 Å². The molecule has 0 unspecified atom stereocenters. The normalized spacial score (nSPS) is 23.7. The van der Waals surface area contributed by atoms with Crippen LogP contribution in [0.3, 0.4) is 0 Å². The molecule has 2 heterocycles. The number of fused-ring (bicyclic) bond motifs is 2. The molecule has 1 saturated carbocycles. The van der Waals surface area contributed by atoms with Gasteiger partial charge < -0.3 is 25.4 Å². The minimum Gasteiger partial charge on any atom is -0.493 e. The van der Waals surface area contributed by atoms with Gasteiger partial charge in [-0.1, -0.05) is 12.1 Å². The fourth-order valence-electron chi connectivity index (χ4n) is 5.90. The summed E-state index contributed by atoms with van der Waals surface area (Å²) >= 11 is 0. The van der Waals surface area contributed by atoms with Crippen molar-refractivity contribution in [3.63, 3.8) is 0 Å². The lowest BCUT2D eigenvalue weighted by Gasteiger charge is -2.27. The van der Waals surface area contributed by atoms with Crippen LogP contribution in [0.15, 0.2) is 36.4 Å². The Labute approximate surface area is 221 Å². The molecule has 0 radical (unpaired) electrons. The molecule has 3 N–H and O–H groups in total. The average molecular weight is 517 g/mol. The number of rotatable bonds is 8. The molecule has 9 nitrogen and oxygen atoms in total. The molecule has 3 aliphatic rings. The van der Waals surface area contributed by atoms with Crippen LogP contribution in [-0.4, -0.2) is 60.6 Å². The first-order valence-electron chi connectivity index (χ1n) is 13.1. The molecule has 0 bridgehead atoms. The third kappa shape index (κ3) is 5.09. The highest BCUT2D eigenvalue weighted by Crippen LogP contribution is 2.61. The molecule has 1 aliphatic carbocycles. The largest absolute Gasteiger partial charge is 0.493 e. The topological polar surface area (TPSA) is 132 Å². The van der Waals surface area contributed by atoms with Crippen LogP contribution in [-0.2, 0) is 21.4 Å². The smallest absolute Gasteiger partial charge is 0.303 e.